The number of carbonyl (C=O) groups is 3. The van der Waals surface area contributed by atoms with Gasteiger partial charge in [0.1, 0.15) is 11.4 Å². The smallest absolute Gasteiger partial charge is 0.273 e. The molecule has 0 spiro atoms. The molecule has 0 atom stereocenters. The van der Waals surface area contributed by atoms with Crippen LogP contribution in [0.1, 0.15) is 78.6 Å². The Morgan fingerprint density at radius 1 is 1.12 bits per heavy atom. The van der Waals surface area contributed by atoms with Crippen molar-refractivity contribution in [1.82, 2.24) is 15.0 Å². The van der Waals surface area contributed by atoms with E-state index in [1.807, 2.05) is 39.8 Å². The van der Waals surface area contributed by atoms with Crippen molar-refractivity contribution >= 4 is 40.6 Å². The number of benzene rings is 1. The lowest BCUT2D eigenvalue weighted by molar-refractivity contribution is -0.121. The number of anilines is 2. The van der Waals surface area contributed by atoms with Crippen LogP contribution < -0.4 is 21.3 Å². The van der Waals surface area contributed by atoms with Gasteiger partial charge in [0.15, 0.2) is 5.69 Å². The molecule has 1 saturated carbocycles. The van der Waals surface area contributed by atoms with Crippen molar-refractivity contribution in [3.05, 3.63) is 40.4 Å². The Balaban J connectivity index is 1.83. The Kier molecular flexibility index (Phi) is 7.73. The number of hydrogen-bond donors (Lipinski definition) is 3. The zero-order valence-electron chi connectivity index (χ0n) is 19.7. The fourth-order valence-corrected chi connectivity index (χ4v) is 4.59. The summed E-state index contributed by atoms with van der Waals surface area (Å²) in [6, 6.07) is 7.42. The first-order chi connectivity index (χ1) is 15.5. The van der Waals surface area contributed by atoms with Crippen molar-refractivity contribution in [2.45, 2.75) is 71.4 Å². The molecule has 0 aliphatic heterocycles. The highest BCUT2D eigenvalue weighted by molar-refractivity contribution is 7.09. The van der Waals surface area contributed by atoms with Crippen LogP contribution in [0, 0.1) is 6.92 Å². The Hall–Kier alpha value is -2.94. The molecule has 0 unspecified atom stereocenters. The fourth-order valence-electron chi connectivity index (χ4n) is 3.84. The number of nitrogens with one attached hydrogen (secondary N) is 2. The predicted molar refractivity (Wildman–Crippen MR) is 132 cm³/mol. The normalized spacial score (nSPS) is 14.5. The lowest BCUT2D eigenvalue weighted by Gasteiger charge is -2.26. The van der Waals surface area contributed by atoms with E-state index < -0.39 is 11.4 Å². The monoisotopic (exact) mass is 471 g/mol. The standard InChI is InChI=1S/C24H33N5O3S/c1-15-10-12-17(13-11-15)29(14-18(30)27-24(2,3)4)23(32)21-19(25)20(28-33-21)22(31)26-16-8-6-5-7-9-16/h10-13,16H,5-9,14,25H2,1-4H3,(H,26,31)(H,27,30). The topological polar surface area (TPSA) is 117 Å². The van der Waals surface area contributed by atoms with E-state index in [9.17, 15) is 14.4 Å². The maximum Gasteiger partial charge on any atom is 0.273 e. The minimum absolute atomic E-state index is 0.0478. The van der Waals surface area contributed by atoms with Crippen LogP contribution in [0.3, 0.4) is 0 Å². The number of carbonyl (C=O) groups excluding carboxylic acids is 3. The van der Waals surface area contributed by atoms with E-state index in [4.69, 9.17) is 5.73 Å². The van der Waals surface area contributed by atoms with Gasteiger partial charge in [-0.3, -0.25) is 19.3 Å². The zero-order valence-corrected chi connectivity index (χ0v) is 20.6. The largest absolute Gasteiger partial charge is 0.395 e. The first-order valence-corrected chi connectivity index (χ1v) is 12.1. The SMILES string of the molecule is Cc1ccc(N(CC(=O)NC(C)(C)C)C(=O)c2snc(C(=O)NC3CCCCC3)c2N)cc1. The molecule has 2 aromatic rings. The summed E-state index contributed by atoms with van der Waals surface area (Å²) in [6.45, 7) is 7.39. The molecule has 4 N–H and O–H groups in total. The number of nitrogens with two attached hydrogens (primary N) is 1. The molecule has 1 fully saturated rings. The molecule has 1 aromatic heterocycles. The van der Waals surface area contributed by atoms with Crippen LogP contribution in [0.5, 0.6) is 0 Å². The van der Waals surface area contributed by atoms with Crippen molar-refractivity contribution in [1.29, 1.82) is 0 Å². The Morgan fingerprint density at radius 3 is 2.36 bits per heavy atom. The van der Waals surface area contributed by atoms with E-state index in [1.54, 1.807) is 12.1 Å². The molecule has 1 aromatic carbocycles. The highest BCUT2D eigenvalue weighted by Gasteiger charge is 2.29. The molecule has 3 amide bonds. The number of nitrogens with zero attached hydrogens (tertiary/aromatic N) is 2. The van der Waals surface area contributed by atoms with Gasteiger partial charge in [0.05, 0.1) is 5.69 Å². The van der Waals surface area contributed by atoms with Gasteiger partial charge >= 0.3 is 0 Å². The number of rotatable bonds is 6. The highest BCUT2D eigenvalue weighted by Crippen LogP contribution is 2.27. The maximum absolute atomic E-state index is 13.5. The second kappa shape index (κ2) is 10.3. The molecule has 3 rings (SSSR count). The van der Waals surface area contributed by atoms with Crippen molar-refractivity contribution < 1.29 is 14.4 Å². The van der Waals surface area contributed by atoms with Gasteiger partial charge in [0, 0.05) is 17.3 Å². The number of amides is 3. The van der Waals surface area contributed by atoms with Crippen LogP contribution in [0.2, 0.25) is 0 Å². The number of aromatic nitrogens is 1. The zero-order chi connectivity index (χ0) is 24.2. The highest BCUT2D eigenvalue weighted by atomic mass is 32.1. The molecule has 1 aliphatic rings. The molecule has 33 heavy (non-hydrogen) atoms. The minimum Gasteiger partial charge on any atom is -0.395 e. The molecule has 1 heterocycles. The molecular weight excluding hydrogens is 438 g/mol. The Morgan fingerprint density at radius 2 is 1.76 bits per heavy atom. The maximum atomic E-state index is 13.5. The van der Waals surface area contributed by atoms with Gasteiger partial charge in [-0.25, -0.2) is 0 Å². The summed E-state index contributed by atoms with van der Waals surface area (Å²) in [4.78, 5) is 40.4. The van der Waals surface area contributed by atoms with Crippen LogP contribution in [0.15, 0.2) is 24.3 Å². The summed E-state index contributed by atoms with van der Waals surface area (Å²) in [7, 11) is 0. The predicted octanol–water partition coefficient (Wildman–Crippen LogP) is 3.66. The lowest BCUT2D eigenvalue weighted by Crippen LogP contribution is -2.47. The van der Waals surface area contributed by atoms with E-state index >= 15 is 0 Å². The molecule has 0 bridgehead atoms. The summed E-state index contributed by atoms with van der Waals surface area (Å²) in [5.74, 6) is -1.12. The average Bonchev–Trinajstić information content (AvgIpc) is 3.13. The van der Waals surface area contributed by atoms with Crippen molar-refractivity contribution in [3.8, 4) is 0 Å². The molecular formula is C24H33N5O3S. The number of nitrogen functional groups attached to an aromatic ring is 1. The van der Waals surface area contributed by atoms with Crippen molar-refractivity contribution in [2.75, 3.05) is 17.2 Å². The first kappa shape index (κ1) is 24.7. The van der Waals surface area contributed by atoms with Gasteiger partial charge in [-0.1, -0.05) is 37.0 Å². The van der Waals surface area contributed by atoms with Gasteiger partial charge in [-0.05, 0) is 64.2 Å². The van der Waals surface area contributed by atoms with Crippen LogP contribution >= 0.6 is 11.5 Å². The average molecular weight is 472 g/mol. The Bertz CT molecular complexity index is 1000. The van der Waals surface area contributed by atoms with E-state index in [0.717, 1.165) is 42.8 Å². The van der Waals surface area contributed by atoms with Crippen molar-refractivity contribution in [2.24, 2.45) is 0 Å². The van der Waals surface area contributed by atoms with E-state index in [-0.39, 0.29) is 40.7 Å². The van der Waals surface area contributed by atoms with Crippen LogP contribution in [0.25, 0.3) is 0 Å². The van der Waals surface area contributed by atoms with E-state index in [0.29, 0.717) is 5.69 Å². The second-order valence-corrected chi connectivity index (χ2v) is 10.4. The van der Waals surface area contributed by atoms with Crippen LogP contribution in [-0.2, 0) is 4.79 Å². The summed E-state index contributed by atoms with van der Waals surface area (Å²) in [5.41, 5.74) is 7.50. The quantitative estimate of drug-likeness (QED) is 0.594. The molecule has 0 saturated heterocycles. The lowest BCUT2D eigenvalue weighted by atomic mass is 9.95. The van der Waals surface area contributed by atoms with Crippen LogP contribution in [-0.4, -0.2) is 40.2 Å². The fraction of sp³-hybridized carbons (Fsp3) is 0.500. The Labute approximate surface area is 199 Å². The summed E-state index contributed by atoms with van der Waals surface area (Å²) in [6.07, 6.45) is 5.23. The first-order valence-electron chi connectivity index (χ1n) is 11.3. The van der Waals surface area contributed by atoms with Gasteiger partial charge < -0.3 is 16.4 Å². The third kappa shape index (κ3) is 6.54. The number of aryl methyl sites for hydroxylation is 1. The summed E-state index contributed by atoms with van der Waals surface area (Å²) < 4.78 is 4.19. The summed E-state index contributed by atoms with van der Waals surface area (Å²) in [5, 5.41) is 5.87. The molecule has 8 nitrogen and oxygen atoms in total. The molecule has 1 aliphatic carbocycles. The van der Waals surface area contributed by atoms with Crippen molar-refractivity contribution in [3.63, 3.8) is 0 Å². The second-order valence-electron chi connectivity index (χ2n) is 9.61. The van der Waals surface area contributed by atoms with E-state index in [1.165, 1.54) is 11.3 Å². The molecule has 178 valence electrons. The van der Waals surface area contributed by atoms with E-state index in [2.05, 4.69) is 15.0 Å². The third-order valence-electron chi connectivity index (χ3n) is 5.48. The summed E-state index contributed by atoms with van der Waals surface area (Å²) >= 11 is 0.882. The van der Waals surface area contributed by atoms with Gasteiger partial charge in [0.2, 0.25) is 5.91 Å². The minimum atomic E-state index is -0.463. The van der Waals surface area contributed by atoms with Gasteiger partial charge in [-0.2, -0.15) is 4.37 Å². The van der Waals surface area contributed by atoms with Gasteiger partial charge in [-0.15, -0.1) is 0 Å². The molecule has 0 radical (unpaired) electrons. The van der Waals surface area contributed by atoms with Gasteiger partial charge in [0.25, 0.3) is 11.8 Å². The molecule has 9 heteroatoms. The number of hydrogen-bond acceptors (Lipinski definition) is 6. The van der Waals surface area contributed by atoms with Crippen LogP contribution in [0.4, 0.5) is 11.4 Å². The third-order valence-corrected chi connectivity index (χ3v) is 6.34.